The molecule has 0 saturated carbocycles. The highest BCUT2D eigenvalue weighted by molar-refractivity contribution is 7.13. The number of amides is 3. The van der Waals surface area contributed by atoms with E-state index in [0.29, 0.717) is 0 Å². The molecule has 0 bridgehead atoms. The SMILES string of the molecule is CO/N=C(\C(=O)N[C@@H]1C(=O)N(C(=O)CC(=O)O)[C@H]1C)c1csc(N)n1. The van der Waals surface area contributed by atoms with Crippen LogP contribution in [0.2, 0.25) is 0 Å². The van der Waals surface area contributed by atoms with Crippen molar-refractivity contribution in [1.82, 2.24) is 15.2 Å². The molecule has 1 fully saturated rings. The smallest absolute Gasteiger partial charge is 0.312 e. The Morgan fingerprint density at radius 2 is 2.20 bits per heavy atom. The van der Waals surface area contributed by atoms with E-state index in [0.717, 1.165) is 16.2 Å². The Kier molecular flexibility index (Phi) is 5.32. The molecule has 2 atom stereocenters. The Bertz CT molecular complexity index is 760. The van der Waals surface area contributed by atoms with Crippen LogP contribution in [0.3, 0.4) is 0 Å². The normalized spacial score (nSPS) is 20.0. The summed E-state index contributed by atoms with van der Waals surface area (Å²) in [4.78, 5) is 56.0. The minimum absolute atomic E-state index is 0.175. The first-order chi connectivity index (χ1) is 11.8. The first kappa shape index (κ1) is 18.3. The number of hydrogen-bond donors (Lipinski definition) is 3. The minimum Gasteiger partial charge on any atom is -0.481 e. The molecule has 1 aliphatic heterocycles. The molecule has 1 aromatic rings. The molecule has 0 unspecified atom stereocenters. The zero-order valence-electron chi connectivity index (χ0n) is 13.3. The summed E-state index contributed by atoms with van der Waals surface area (Å²) < 4.78 is 0. The van der Waals surface area contributed by atoms with E-state index in [1.165, 1.54) is 19.4 Å². The molecule has 0 spiro atoms. The molecule has 0 aliphatic carbocycles. The van der Waals surface area contributed by atoms with Gasteiger partial charge < -0.3 is 21.0 Å². The summed E-state index contributed by atoms with van der Waals surface area (Å²) in [5.41, 5.74) is 5.53. The topological polar surface area (TPSA) is 164 Å². The molecule has 1 saturated heterocycles. The number of β-lactam (4-membered cyclic amide) rings is 1. The number of nitrogens with one attached hydrogen (secondary N) is 1. The zero-order chi connectivity index (χ0) is 18.7. The standard InChI is InChI=1S/C13H15N5O6S/c1-5-9(12(23)18(5)7(19)3-8(20)21)16-11(22)10(17-24-2)6-4-25-13(14)15-6/h4-5,9H,3H2,1-2H3,(H2,14,15)(H,16,22)(H,20,21)/b17-10-/t5-,9-/m0/s1. The van der Waals surface area contributed by atoms with Crippen LogP contribution in [0, 0.1) is 0 Å². The van der Waals surface area contributed by atoms with Gasteiger partial charge in [-0.25, -0.2) is 4.98 Å². The number of carbonyl (C=O) groups is 4. The van der Waals surface area contributed by atoms with E-state index in [1.54, 1.807) is 0 Å². The van der Waals surface area contributed by atoms with Crippen molar-refractivity contribution in [3.05, 3.63) is 11.1 Å². The molecule has 0 aromatic carbocycles. The number of nitrogens with two attached hydrogens (primary N) is 1. The predicted octanol–water partition coefficient (Wildman–Crippen LogP) is -1.21. The van der Waals surface area contributed by atoms with Gasteiger partial charge in [0, 0.05) is 5.38 Å². The van der Waals surface area contributed by atoms with Crippen molar-refractivity contribution in [2.24, 2.45) is 5.16 Å². The zero-order valence-corrected chi connectivity index (χ0v) is 14.1. The molecule has 134 valence electrons. The van der Waals surface area contributed by atoms with Crippen molar-refractivity contribution in [3.8, 4) is 0 Å². The van der Waals surface area contributed by atoms with Gasteiger partial charge in [0.15, 0.2) is 10.8 Å². The number of carbonyl (C=O) groups excluding carboxylic acids is 3. The van der Waals surface area contributed by atoms with Crippen molar-refractivity contribution in [2.75, 3.05) is 12.8 Å². The monoisotopic (exact) mass is 369 g/mol. The fraction of sp³-hybridized carbons (Fsp3) is 0.385. The number of hydrogen-bond acceptors (Lipinski definition) is 9. The van der Waals surface area contributed by atoms with E-state index in [9.17, 15) is 19.2 Å². The quantitative estimate of drug-likeness (QED) is 0.243. The summed E-state index contributed by atoms with van der Waals surface area (Å²) in [7, 11) is 1.24. The average Bonchev–Trinajstić information content (AvgIpc) is 2.95. The van der Waals surface area contributed by atoms with Crippen molar-refractivity contribution in [2.45, 2.75) is 25.4 Å². The lowest BCUT2D eigenvalue weighted by Gasteiger charge is -2.43. The van der Waals surface area contributed by atoms with Gasteiger partial charge in [-0.15, -0.1) is 11.3 Å². The molecule has 4 N–H and O–H groups in total. The van der Waals surface area contributed by atoms with Crippen molar-refractivity contribution in [1.29, 1.82) is 0 Å². The molecular weight excluding hydrogens is 354 g/mol. The van der Waals surface area contributed by atoms with E-state index < -0.39 is 42.2 Å². The largest absolute Gasteiger partial charge is 0.481 e. The van der Waals surface area contributed by atoms with Crippen LogP contribution in [-0.2, 0) is 24.0 Å². The molecule has 12 heteroatoms. The van der Waals surface area contributed by atoms with Crippen LogP contribution in [0.25, 0.3) is 0 Å². The Balaban J connectivity index is 2.08. The maximum Gasteiger partial charge on any atom is 0.312 e. The van der Waals surface area contributed by atoms with Crippen LogP contribution in [0.1, 0.15) is 19.0 Å². The van der Waals surface area contributed by atoms with Crippen LogP contribution in [0.15, 0.2) is 10.5 Å². The molecule has 3 amide bonds. The summed E-state index contributed by atoms with van der Waals surface area (Å²) in [6.45, 7) is 1.51. The van der Waals surface area contributed by atoms with Crippen LogP contribution >= 0.6 is 11.3 Å². The number of likely N-dealkylation sites (tertiary alicyclic amines) is 1. The number of anilines is 1. The van der Waals surface area contributed by atoms with Gasteiger partial charge in [-0.3, -0.25) is 24.1 Å². The van der Waals surface area contributed by atoms with Crippen LogP contribution < -0.4 is 11.1 Å². The van der Waals surface area contributed by atoms with Gasteiger partial charge in [0.25, 0.3) is 11.8 Å². The van der Waals surface area contributed by atoms with Gasteiger partial charge in [0.1, 0.15) is 25.3 Å². The number of carboxylic acids is 1. The number of nitrogens with zero attached hydrogens (tertiary/aromatic N) is 3. The molecule has 1 aromatic heterocycles. The van der Waals surface area contributed by atoms with E-state index >= 15 is 0 Å². The third-order valence-electron chi connectivity index (χ3n) is 3.41. The van der Waals surface area contributed by atoms with Crippen molar-refractivity contribution < 1.29 is 29.1 Å². The lowest BCUT2D eigenvalue weighted by atomic mass is 9.95. The molecular formula is C13H15N5O6S. The van der Waals surface area contributed by atoms with Crippen LogP contribution in [-0.4, -0.2) is 63.6 Å². The minimum atomic E-state index is -1.34. The summed E-state index contributed by atoms with van der Waals surface area (Å²) in [5.74, 6) is -3.61. The fourth-order valence-corrected chi connectivity index (χ4v) is 2.82. The second kappa shape index (κ2) is 7.25. The third kappa shape index (κ3) is 3.74. The number of imide groups is 1. The lowest BCUT2D eigenvalue weighted by Crippen LogP contribution is -2.71. The first-order valence-electron chi connectivity index (χ1n) is 6.97. The van der Waals surface area contributed by atoms with Gasteiger partial charge in [-0.05, 0) is 6.92 Å². The maximum atomic E-state index is 12.3. The highest BCUT2D eigenvalue weighted by Crippen LogP contribution is 2.21. The Labute approximate surface area is 145 Å². The van der Waals surface area contributed by atoms with Gasteiger partial charge in [0.05, 0.1) is 6.04 Å². The van der Waals surface area contributed by atoms with Crippen LogP contribution in [0.4, 0.5) is 5.13 Å². The highest BCUT2D eigenvalue weighted by atomic mass is 32.1. The van der Waals surface area contributed by atoms with E-state index in [-0.39, 0.29) is 16.5 Å². The predicted molar refractivity (Wildman–Crippen MR) is 85.6 cm³/mol. The molecule has 2 heterocycles. The molecule has 0 radical (unpaired) electrons. The van der Waals surface area contributed by atoms with E-state index in [4.69, 9.17) is 10.8 Å². The Morgan fingerprint density at radius 3 is 2.68 bits per heavy atom. The summed E-state index contributed by atoms with van der Waals surface area (Å²) in [6, 6.07) is -1.67. The number of oxime groups is 1. The number of aliphatic carboxylic acids is 1. The summed E-state index contributed by atoms with van der Waals surface area (Å²) in [6.07, 6.45) is -0.800. The van der Waals surface area contributed by atoms with E-state index in [2.05, 4.69) is 20.3 Å². The van der Waals surface area contributed by atoms with Gasteiger partial charge >= 0.3 is 5.97 Å². The maximum absolute atomic E-state index is 12.3. The van der Waals surface area contributed by atoms with Crippen molar-refractivity contribution >= 4 is 45.9 Å². The Hall–Kier alpha value is -3.02. The fourth-order valence-electron chi connectivity index (χ4n) is 2.27. The third-order valence-corrected chi connectivity index (χ3v) is 4.09. The van der Waals surface area contributed by atoms with Crippen LogP contribution in [0.5, 0.6) is 0 Å². The molecule has 25 heavy (non-hydrogen) atoms. The summed E-state index contributed by atoms with van der Waals surface area (Å²) >= 11 is 1.10. The summed E-state index contributed by atoms with van der Waals surface area (Å²) in [5, 5.41) is 16.4. The van der Waals surface area contributed by atoms with Gasteiger partial charge in [0.2, 0.25) is 5.91 Å². The highest BCUT2D eigenvalue weighted by Gasteiger charge is 2.49. The van der Waals surface area contributed by atoms with Crippen molar-refractivity contribution in [3.63, 3.8) is 0 Å². The molecule has 1 aliphatic rings. The number of carboxylic acid groups (broad SMARTS) is 1. The van der Waals surface area contributed by atoms with Gasteiger partial charge in [-0.2, -0.15) is 0 Å². The average molecular weight is 369 g/mol. The lowest BCUT2D eigenvalue weighted by molar-refractivity contribution is -0.163. The first-order valence-corrected chi connectivity index (χ1v) is 7.85. The second-order valence-electron chi connectivity index (χ2n) is 5.06. The number of aromatic nitrogens is 1. The second-order valence-corrected chi connectivity index (χ2v) is 5.95. The number of nitrogen functional groups attached to an aromatic ring is 1. The van der Waals surface area contributed by atoms with E-state index in [1.807, 2.05) is 0 Å². The number of thiazole rings is 1. The molecule has 11 nitrogen and oxygen atoms in total. The molecule has 2 rings (SSSR count). The number of rotatable bonds is 6. The van der Waals surface area contributed by atoms with Gasteiger partial charge in [-0.1, -0.05) is 5.16 Å². The Morgan fingerprint density at radius 1 is 1.52 bits per heavy atom.